The van der Waals surface area contributed by atoms with Gasteiger partial charge in [0.05, 0.1) is 36.4 Å². The minimum absolute atomic E-state index is 0.103. The molecule has 1 aromatic carbocycles. The standard InChI is InChI=1S/C22H21N3O4S/c26-21-18(14-4-2-1-3-5-14)11-16(10-17-13-29-8-7-24(17)22(27)28)19-20-15(6-9-30-20)12-23-25(19)21/h1-6,9,11,17,23H,7-8,10,12-13H2,(H,27,28). The van der Waals surface area contributed by atoms with Crippen LogP contribution in [0.5, 0.6) is 0 Å². The lowest BCUT2D eigenvalue weighted by molar-refractivity contribution is 0.000290. The highest BCUT2D eigenvalue weighted by molar-refractivity contribution is 7.13. The lowest BCUT2D eigenvalue weighted by Crippen LogP contribution is -2.49. The Hall–Kier alpha value is -3.10. The first kappa shape index (κ1) is 18.9. The Morgan fingerprint density at radius 3 is 2.90 bits per heavy atom. The first-order chi connectivity index (χ1) is 14.6. The number of hydrogen-bond acceptors (Lipinski definition) is 5. The number of nitrogens with zero attached hydrogens (tertiary/aromatic N) is 2. The van der Waals surface area contributed by atoms with Crippen molar-refractivity contribution in [3.8, 4) is 21.7 Å². The van der Waals surface area contributed by atoms with Crippen LogP contribution in [0.1, 0.15) is 11.1 Å². The number of amides is 1. The summed E-state index contributed by atoms with van der Waals surface area (Å²) in [4.78, 5) is 27.6. The Morgan fingerprint density at radius 1 is 1.27 bits per heavy atom. The van der Waals surface area contributed by atoms with Crippen molar-refractivity contribution in [1.82, 2.24) is 9.58 Å². The number of carbonyl (C=O) groups is 1. The van der Waals surface area contributed by atoms with Gasteiger partial charge in [-0.05, 0) is 40.6 Å². The second-order valence-electron chi connectivity index (χ2n) is 7.46. The van der Waals surface area contributed by atoms with E-state index in [0.717, 1.165) is 27.3 Å². The zero-order valence-electron chi connectivity index (χ0n) is 16.2. The number of carboxylic acid groups (broad SMARTS) is 1. The summed E-state index contributed by atoms with van der Waals surface area (Å²) in [6.45, 7) is 1.68. The molecule has 1 atom stereocenters. The smallest absolute Gasteiger partial charge is 0.407 e. The van der Waals surface area contributed by atoms with Crippen LogP contribution < -0.4 is 11.0 Å². The molecular formula is C22H21N3O4S. The molecule has 3 aromatic rings. The molecule has 1 amide bonds. The lowest BCUT2D eigenvalue weighted by atomic mass is 9.96. The van der Waals surface area contributed by atoms with E-state index >= 15 is 0 Å². The van der Waals surface area contributed by atoms with Gasteiger partial charge in [0.25, 0.3) is 5.56 Å². The van der Waals surface area contributed by atoms with Gasteiger partial charge >= 0.3 is 6.09 Å². The molecule has 1 fully saturated rings. The highest BCUT2D eigenvalue weighted by Crippen LogP contribution is 2.36. The second kappa shape index (κ2) is 7.62. The molecule has 2 aliphatic rings. The molecular weight excluding hydrogens is 402 g/mol. The summed E-state index contributed by atoms with van der Waals surface area (Å²) < 4.78 is 7.22. The molecule has 5 rings (SSSR count). The van der Waals surface area contributed by atoms with Gasteiger partial charge < -0.3 is 20.2 Å². The number of pyridine rings is 1. The number of ether oxygens (including phenoxy) is 1. The number of aromatic nitrogens is 1. The van der Waals surface area contributed by atoms with E-state index in [1.165, 1.54) is 4.90 Å². The fourth-order valence-electron chi connectivity index (χ4n) is 4.22. The maximum atomic E-state index is 13.3. The third-order valence-electron chi connectivity index (χ3n) is 5.68. The van der Waals surface area contributed by atoms with Crippen LogP contribution in [0.3, 0.4) is 0 Å². The minimum atomic E-state index is -0.941. The molecule has 2 aliphatic heterocycles. The molecule has 30 heavy (non-hydrogen) atoms. The summed E-state index contributed by atoms with van der Waals surface area (Å²) in [6.07, 6.45) is -0.468. The SMILES string of the molecule is O=C(O)N1CCOCC1Cc1cc(-c2ccccc2)c(=O)n2c1-c1sccc1CN2. The predicted octanol–water partition coefficient (Wildman–Crippen LogP) is 3.22. The third-order valence-corrected chi connectivity index (χ3v) is 6.65. The summed E-state index contributed by atoms with van der Waals surface area (Å²) in [6, 6.07) is 13.3. The number of fused-ring (bicyclic) bond motifs is 3. The second-order valence-corrected chi connectivity index (χ2v) is 8.37. The van der Waals surface area contributed by atoms with Crippen LogP contribution in [0, 0.1) is 0 Å². The van der Waals surface area contributed by atoms with Crippen molar-refractivity contribution in [2.75, 3.05) is 25.2 Å². The van der Waals surface area contributed by atoms with Crippen molar-refractivity contribution in [2.45, 2.75) is 19.0 Å². The van der Waals surface area contributed by atoms with E-state index in [9.17, 15) is 14.7 Å². The molecule has 2 N–H and O–H groups in total. The van der Waals surface area contributed by atoms with Crippen LogP contribution >= 0.6 is 11.3 Å². The van der Waals surface area contributed by atoms with Gasteiger partial charge in [-0.25, -0.2) is 9.47 Å². The first-order valence-electron chi connectivity index (χ1n) is 9.86. The van der Waals surface area contributed by atoms with Crippen molar-refractivity contribution in [3.63, 3.8) is 0 Å². The van der Waals surface area contributed by atoms with E-state index in [1.54, 1.807) is 16.0 Å². The van der Waals surface area contributed by atoms with Crippen LogP contribution in [-0.4, -0.2) is 46.6 Å². The highest BCUT2D eigenvalue weighted by atomic mass is 32.1. The Labute approximate surface area is 177 Å². The molecule has 8 heteroatoms. The Kier molecular flexibility index (Phi) is 4.80. The summed E-state index contributed by atoms with van der Waals surface area (Å²) in [5.41, 5.74) is 7.48. The van der Waals surface area contributed by atoms with E-state index in [0.29, 0.717) is 38.3 Å². The normalized spacial score (nSPS) is 17.7. The number of rotatable bonds is 3. The number of morpholine rings is 1. The molecule has 0 radical (unpaired) electrons. The van der Waals surface area contributed by atoms with Crippen molar-refractivity contribution in [1.29, 1.82) is 0 Å². The summed E-state index contributed by atoms with van der Waals surface area (Å²) in [7, 11) is 0. The largest absolute Gasteiger partial charge is 0.465 e. The van der Waals surface area contributed by atoms with Gasteiger partial charge in [0.2, 0.25) is 0 Å². The lowest BCUT2D eigenvalue weighted by Gasteiger charge is -2.34. The molecule has 0 bridgehead atoms. The molecule has 2 aromatic heterocycles. The van der Waals surface area contributed by atoms with E-state index in [2.05, 4.69) is 11.5 Å². The van der Waals surface area contributed by atoms with Crippen molar-refractivity contribution in [3.05, 3.63) is 69.3 Å². The minimum Gasteiger partial charge on any atom is -0.465 e. The topological polar surface area (TPSA) is 83.8 Å². The van der Waals surface area contributed by atoms with Crippen LogP contribution in [0.25, 0.3) is 21.7 Å². The molecule has 1 unspecified atom stereocenters. The summed E-state index contributed by atoms with van der Waals surface area (Å²) in [5.74, 6) is 0. The van der Waals surface area contributed by atoms with Crippen molar-refractivity contribution >= 4 is 17.4 Å². The van der Waals surface area contributed by atoms with Crippen LogP contribution in [0.4, 0.5) is 4.79 Å². The fraction of sp³-hybridized carbons (Fsp3) is 0.273. The van der Waals surface area contributed by atoms with Gasteiger partial charge in [-0.1, -0.05) is 30.3 Å². The van der Waals surface area contributed by atoms with E-state index in [-0.39, 0.29) is 11.6 Å². The Morgan fingerprint density at radius 2 is 2.10 bits per heavy atom. The maximum absolute atomic E-state index is 13.3. The van der Waals surface area contributed by atoms with Crippen molar-refractivity contribution in [2.24, 2.45) is 0 Å². The molecule has 0 spiro atoms. The van der Waals surface area contributed by atoms with Gasteiger partial charge in [-0.2, -0.15) is 0 Å². The Bertz CT molecular complexity index is 1150. The maximum Gasteiger partial charge on any atom is 0.407 e. The number of nitrogens with one attached hydrogen (secondary N) is 1. The van der Waals surface area contributed by atoms with E-state index in [4.69, 9.17) is 4.74 Å². The first-order valence-corrected chi connectivity index (χ1v) is 10.7. The molecule has 0 saturated carbocycles. The Balaban J connectivity index is 1.67. The van der Waals surface area contributed by atoms with E-state index in [1.807, 2.05) is 41.8 Å². The van der Waals surface area contributed by atoms with Gasteiger partial charge in [-0.3, -0.25) is 4.79 Å². The van der Waals surface area contributed by atoms with E-state index < -0.39 is 6.09 Å². The van der Waals surface area contributed by atoms with Crippen LogP contribution in [-0.2, 0) is 17.7 Å². The highest BCUT2D eigenvalue weighted by Gasteiger charge is 2.31. The van der Waals surface area contributed by atoms with Gasteiger partial charge in [0.15, 0.2) is 0 Å². The molecule has 154 valence electrons. The monoisotopic (exact) mass is 423 g/mol. The van der Waals surface area contributed by atoms with Gasteiger partial charge in [0, 0.05) is 12.1 Å². The number of benzene rings is 1. The summed E-state index contributed by atoms with van der Waals surface area (Å²) >= 11 is 1.60. The zero-order chi connectivity index (χ0) is 20.7. The van der Waals surface area contributed by atoms with Crippen LogP contribution in [0.2, 0.25) is 0 Å². The van der Waals surface area contributed by atoms with Gasteiger partial charge in [0.1, 0.15) is 0 Å². The quantitative estimate of drug-likeness (QED) is 0.676. The third kappa shape index (κ3) is 3.18. The van der Waals surface area contributed by atoms with Crippen molar-refractivity contribution < 1.29 is 14.6 Å². The number of hydrogen-bond donors (Lipinski definition) is 2. The average Bonchev–Trinajstić information content (AvgIpc) is 3.25. The van der Waals surface area contributed by atoms with Gasteiger partial charge in [-0.15, -0.1) is 11.3 Å². The zero-order valence-corrected chi connectivity index (χ0v) is 17.0. The number of thiophene rings is 1. The molecule has 4 heterocycles. The summed E-state index contributed by atoms with van der Waals surface area (Å²) in [5, 5.41) is 11.7. The molecule has 7 nitrogen and oxygen atoms in total. The molecule has 0 aliphatic carbocycles. The average molecular weight is 423 g/mol. The van der Waals surface area contributed by atoms with Crippen LogP contribution in [0.15, 0.2) is 52.6 Å². The molecule has 1 saturated heterocycles. The predicted molar refractivity (Wildman–Crippen MR) is 116 cm³/mol. The fourth-order valence-corrected chi connectivity index (χ4v) is 5.22.